The molecule has 1 aromatic heterocycles. The van der Waals surface area contributed by atoms with E-state index in [9.17, 15) is 22.4 Å². The molecule has 1 amide bonds. The Morgan fingerprint density at radius 2 is 1.71 bits per heavy atom. The lowest BCUT2D eigenvalue weighted by Crippen LogP contribution is -2.33. The van der Waals surface area contributed by atoms with Gasteiger partial charge in [0.05, 0.1) is 28.1 Å². The molecule has 0 atom stereocenters. The number of amides is 1. The second-order valence-electron chi connectivity index (χ2n) is 7.56. The van der Waals surface area contributed by atoms with E-state index in [1.807, 2.05) is 4.90 Å². The van der Waals surface area contributed by atoms with Gasteiger partial charge in [-0.25, -0.2) is 14.4 Å². The third-order valence-electron chi connectivity index (χ3n) is 5.16. The van der Waals surface area contributed by atoms with Gasteiger partial charge in [0, 0.05) is 42.6 Å². The largest absolute Gasteiger partial charge is 0.416 e. The van der Waals surface area contributed by atoms with E-state index < -0.39 is 23.5 Å². The van der Waals surface area contributed by atoms with Crippen LogP contribution in [0.1, 0.15) is 27.0 Å². The fraction of sp³-hybridized carbons (Fsp3) is 0.208. The Bertz CT molecular complexity index is 1300. The van der Waals surface area contributed by atoms with Gasteiger partial charge in [0.1, 0.15) is 5.82 Å². The molecule has 1 fully saturated rings. The standard InChI is InChI=1S/C24H19F4N5OS/c25-19-5-3-15(1-2-16-13-30-23(29)31-14-16)11-18(19)22(34)32-20-12-17(24(26,27)28)4-6-21(20)33-7-9-35-10-8-33/h3-6,11-14H,7-10H2,(H,32,34)(H2,29,30,31). The summed E-state index contributed by atoms with van der Waals surface area (Å²) in [6.07, 6.45) is -1.76. The molecule has 1 aliphatic rings. The van der Waals surface area contributed by atoms with E-state index in [-0.39, 0.29) is 17.2 Å². The van der Waals surface area contributed by atoms with Crippen molar-refractivity contribution in [2.75, 3.05) is 40.5 Å². The predicted octanol–water partition coefficient (Wildman–Crippen LogP) is 4.42. The molecular formula is C24H19F4N5OS. The van der Waals surface area contributed by atoms with Crippen molar-refractivity contribution in [1.29, 1.82) is 0 Å². The van der Waals surface area contributed by atoms with Crippen LogP contribution in [0.3, 0.4) is 0 Å². The Balaban J connectivity index is 1.63. The number of hydrogen-bond acceptors (Lipinski definition) is 6. The van der Waals surface area contributed by atoms with Crippen LogP contribution in [0.4, 0.5) is 34.9 Å². The highest BCUT2D eigenvalue weighted by molar-refractivity contribution is 7.99. The fourth-order valence-electron chi connectivity index (χ4n) is 3.41. The monoisotopic (exact) mass is 501 g/mol. The van der Waals surface area contributed by atoms with Gasteiger partial charge in [-0.05, 0) is 36.4 Å². The lowest BCUT2D eigenvalue weighted by molar-refractivity contribution is -0.137. The van der Waals surface area contributed by atoms with E-state index in [0.717, 1.165) is 29.7 Å². The lowest BCUT2D eigenvalue weighted by atomic mass is 10.1. The molecule has 3 aromatic rings. The van der Waals surface area contributed by atoms with Crippen LogP contribution in [0, 0.1) is 17.7 Å². The van der Waals surface area contributed by atoms with Crippen molar-refractivity contribution in [3.63, 3.8) is 0 Å². The zero-order valence-corrected chi connectivity index (χ0v) is 19.0. The second-order valence-corrected chi connectivity index (χ2v) is 8.78. The van der Waals surface area contributed by atoms with Gasteiger partial charge in [-0.15, -0.1) is 0 Å². The van der Waals surface area contributed by atoms with E-state index in [1.165, 1.54) is 30.6 Å². The van der Waals surface area contributed by atoms with Gasteiger partial charge in [-0.3, -0.25) is 4.79 Å². The lowest BCUT2D eigenvalue weighted by Gasteiger charge is -2.30. The predicted molar refractivity (Wildman–Crippen MR) is 128 cm³/mol. The molecule has 0 unspecified atom stereocenters. The quantitative estimate of drug-likeness (QED) is 0.408. The molecule has 6 nitrogen and oxygen atoms in total. The van der Waals surface area contributed by atoms with E-state index >= 15 is 0 Å². The summed E-state index contributed by atoms with van der Waals surface area (Å²) in [5, 5.41) is 2.48. The summed E-state index contributed by atoms with van der Waals surface area (Å²) in [6.45, 7) is 1.24. The average Bonchev–Trinajstić information content (AvgIpc) is 2.84. The number of carbonyl (C=O) groups is 1. The molecule has 180 valence electrons. The van der Waals surface area contributed by atoms with Crippen LogP contribution in [-0.4, -0.2) is 40.5 Å². The Morgan fingerprint density at radius 3 is 2.40 bits per heavy atom. The zero-order valence-electron chi connectivity index (χ0n) is 18.2. The number of aromatic nitrogens is 2. The minimum absolute atomic E-state index is 0.0355. The molecule has 2 aromatic carbocycles. The molecule has 0 bridgehead atoms. The number of nitrogen functional groups attached to an aromatic ring is 1. The Hall–Kier alpha value is -3.78. The molecule has 0 saturated carbocycles. The van der Waals surface area contributed by atoms with Gasteiger partial charge in [-0.1, -0.05) is 11.8 Å². The second kappa shape index (κ2) is 10.2. The molecule has 1 aliphatic heterocycles. The van der Waals surface area contributed by atoms with Crippen molar-refractivity contribution in [2.45, 2.75) is 6.18 Å². The Kier molecular flexibility index (Phi) is 7.12. The summed E-state index contributed by atoms with van der Waals surface area (Å²) in [5.74, 6) is 5.56. The van der Waals surface area contributed by atoms with Crippen LogP contribution in [0.15, 0.2) is 48.8 Å². The summed E-state index contributed by atoms with van der Waals surface area (Å²) < 4.78 is 54.6. The first-order valence-corrected chi connectivity index (χ1v) is 11.6. The third-order valence-corrected chi connectivity index (χ3v) is 6.10. The molecule has 0 aliphatic carbocycles. The number of halogens is 4. The first-order valence-electron chi connectivity index (χ1n) is 10.4. The molecule has 0 spiro atoms. The smallest absolute Gasteiger partial charge is 0.368 e. The van der Waals surface area contributed by atoms with E-state index in [1.54, 1.807) is 11.8 Å². The first kappa shape index (κ1) is 24.3. The van der Waals surface area contributed by atoms with Gasteiger partial charge in [0.15, 0.2) is 0 Å². The summed E-state index contributed by atoms with van der Waals surface area (Å²) in [7, 11) is 0. The van der Waals surface area contributed by atoms with Crippen LogP contribution < -0.4 is 16.0 Å². The average molecular weight is 502 g/mol. The molecule has 4 rings (SSSR count). The maximum atomic E-state index is 14.5. The van der Waals surface area contributed by atoms with E-state index in [2.05, 4.69) is 27.1 Å². The van der Waals surface area contributed by atoms with Gasteiger partial charge in [-0.2, -0.15) is 24.9 Å². The van der Waals surface area contributed by atoms with Crippen LogP contribution >= 0.6 is 11.8 Å². The van der Waals surface area contributed by atoms with Crippen molar-refractivity contribution in [1.82, 2.24) is 9.97 Å². The van der Waals surface area contributed by atoms with Crippen LogP contribution in [0.2, 0.25) is 0 Å². The highest BCUT2D eigenvalue weighted by Gasteiger charge is 2.32. The maximum Gasteiger partial charge on any atom is 0.416 e. The Morgan fingerprint density at radius 1 is 1.03 bits per heavy atom. The van der Waals surface area contributed by atoms with Crippen molar-refractivity contribution in [3.8, 4) is 11.8 Å². The van der Waals surface area contributed by atoms with Crippen molar-refractivity contribution in [3.05, 3.63) is 76.9 Å². The maximum absolute atomic E-state index is 14.5. The van der Waals surface area contributed by atoms with Crippen molar-refractivity contribution >= 4 is 35.0 Å². The van der Waals surface area contributed by atoms with Crippen LogP contribution in [0.5, 0.6) is 0 Å². The molecule has 3 N–H and O–H groups in total. The van der Waals surface area contributed by atoms with Crippen LogP contribution in [0.25, 0.3) is 0 Å². The molecule has 0 radical (unpaired) electrons. The summed E-state index contributed by atoms with van der Waals surface area (Å²) >= 11 is 1.74. The van der Waals surface area contributed by atoms with E-state index in [4.69, 9.17) is 5.73 Å². The number of nitrogens with zero attached hydrogens (tertiary/aromatic N) is 3. The number of alkyl halides is 3. The number of nitrogens with one attached hydrogen (secondary N) is 1. The zero-order chi connectivity index (χ0) is 25.0. The topological polar surface area (TPSA) is 84.1 Å². The Labute approximate surface area is 202 Å². The molecular weight excluding hydrogens is 482 g/mol. The van der Waals surface area contributed by atoms with Crippen molar-refractivity contribution in [2.24, 2.45) is 0 Å². The normalized spacial score (nSPS) is 13.7. The molecule has 35 heavy (non-hydrogen) atoms. The minimum atomic E-state index is -4.59. The molecule has 11 heteroatoms. The molecule has 2 heterocycles. The van der Waals surface area contributed by atoms with E-state index in [0.29, 0.717) is 29.9 Å². The summed E-state index contributed by atoms with van der Waals surface area (Å²) in [5.41, 5.74) is 5.38. The number of nitrogens with two attached hydrogens (primary N) is 1. The number of rotatable bonds is 3. The SMILES string of the molecule is Nc1ncc(C#Cc2ccc(F)c(C(=O)Nc3cc(C(F)(F)F)ccc3N3CCSCC3)c2)cn1. The number of thioether (sulfide) groups is 1. The van der Waals surface area contributed by atoms with Gasteiger partial charge >= 0.3 is 6.18 Å². The number of benzene rings is 2. The highest BCUT2D eigenvalue weighted by atomic mass is 32.2. The van der Waals surface area contributed by atoms with Gasteiger partial charge < -0.3 is 16.0 Å². The van der Waals surface area contributed by atoms with Gasteiger partial charge in [0.25, 0.3) is 5.91 Å². The number of hydrogen-bond donors (Lipinski definition) is 2. The van der Waals surface area contributed by atoms with Crippen molar-refractivity contribution < 1.29 is 22.4 Å². The highest BCUT2D eigenvalue weighted by Crippen LogP contribution is 2.36. The fourth-order valence-corrected chi connectivity index (χ4v) is 4.31. The number of carbonyl (C=O) groups excluding carboxylic acids is 1. The molecule has 1 saturated heterocycles. The summed E-state index contributed by atoms with van der Waals surface area (Å²) in [4.78, 5) is 22.5. The third kappa shape index (κ3) is 6.02. The summed E-state index contributed by atoms with van der Waals surface area (Å²) in [6, 6.07) is 6.88. The van der Waals surface area contributed by atoms with Crippen LogP contribution in [-0.2, 0) is 6.18 Å². The first-order chi connectivity index (χ1) is 16.7. The number of anilines is 3. The minimum Gasteiger partial charge on any atom is -0.368 e. The van der Waals surface area contributed by atoms with Gasteiger partial charge in [0.2, 0.25) is 5.95 Å².